The highest BCUT2D eigenvalue weighted by Crippen LogP contribution is 2.43. The van der Waals surface area contributed by atoms with Gasteiger partial charge in [-0.1, -0.05) is 36.3 Å². The smallest absolute Gasteiger partial charge is 0.438 e. The Morgan fingerprint density at radius 3 is 2.35 bits per heavy atom. The van der Waals surface area contributed by atoms with Gasteiger partial charge in [-0.25, -0.2) is 4.79 Å². The Balaban J connectivity index is 1.61. The van der Waals surface area contributed by atoms with E-state index in [0.717, 1.165) is 22.4 Å². The number of fused-ring (bicyclic) bond motifs is 1. The fourth-order valence-electron chi connectivity index (χ4n) is 3.69. The normalized spacial score (nSPS) is 13.7. The molecule has 0 radical (unpaired) electrons. The number of ether oxygens (including phenoxy) is 2. The minimum Gasteiger partial charge on any atom is -0.438 e. The van der Waals surface area contributed by atoms with Crippen LogP contribution in [0.2, 0.25) is 0 Å². The zero-order valence-electron chi connectivity index (χ0n) is 18.3. The van der Waals surface area contributed by atoms with Crippen LogP contribution in [0.25, 0.3) is 15.0 Å². The number of carbonyl (C=O) groups excluding carboxylic acids is 1. The molecule has 2 unspecified atom stereocenters. The lowest BCUT2D eigenvalue weighted by molar-refractivity contribution is -0.274. The fraction of sp³-hybridized carbons (Fsp3) is 0.148. The number of halogens is 3. The monoisotopic (exact) mass is 481 g/mol. The molecule has 1 aromatic heterocycles. The van der Waals surface area contributed by atoms with Crippen LogP contribution in [0.3, 0.4) is 0 Å². The van der Waals surface area contributed by atoms with Crippen LogP contribution < -0.4 is 4.74 Å². The van der Waals surface area contributed by atoms with Gasteiger partial charge in [-0.2, -0.15) is 0 Å². The number of aryl methyl sites for hydroxylation is 1. The Morgan fingerprint density at radius 2 is 1.68 bits per heavy atom. The Labute approximate surface area is 197 Å². The number of benzene rings is 3. The van der Waals surface area contributed by atoms with E-state index in [2.05, 4.69) is 35.8 Å². The molecule has 0 aliphatic heterocycles. The van der Waals surface area contributed by atoms with Gasteiger partial charge in [0.05, 0.1) is 5.56 Å². The third kappa shape index (κ3) is 4.78. The fourth-order valence-corrected chi connectivity index (χ4v) is 5.94. The van der Waals surface area contributed by atoms with Crippen molar-refractivity contribution in [1.29, 1.82) is 0 Å². The molecule has 7 heteroatoms. The van der Waals surface area contributed by atoms with Crippen LogP contribution in [-0.2, 0) is 10.3 Å². The van der Waals surface area contributed by atoms with Gasteiger partial charge in [0.2, 0.25) is 0 Å². The first kappa shape index (κ1) is 23.4. The molecule has 0 aliphatic rings. The zero-order valence-corrected chi connectivity index (χ0v) is 19.2. The second-order valence-electron chi connectivity index (χ2n) is 7.77. The summed E-state index contributed by atoms with van der Waals surface area (Å²) in [5.74, 6) is 1.42. The van der Waals surface area contributed by atoms with Crippen LogP contribution in [0.1, 0.15) is 27.7 Å². The molecule has 0 bridgehead atoms. The van der Waals surface area contributed by atoms with Gasteiger partial charge < -0.3 is 9.47 Å². The van der Waals surface area contributed by atoms with Gasteiger partial charge in [-0.3, -0.25) is 0 Å². The Bertz CT molecular complexity index is 1400. The van der Waals surface area contributed by atoms with Gasteiger partial charge >= 0.3 is 12.3 Å². The summed E-state index contributed by atoms with van der Waals surface area (Å²) < 4.78 is 48.0. The maximum atomic E-state index is 13.0. The summed E-state index contributed by atoms with van der Waals surface area (Å²) in [6.45, 7) is 3.58. The Kier molecular flexibility index (Phi) is 6.11. The van der Waals surface area contributed by atoms with Crippen LogP contribution in [0.5, 0.6) is 5.75 Å². The van der Waals surface area contributed by atoms with Gasteiger partial charge in [0.1, 0.15) is 5.75 Å². The number of terminal acetylenes is 1. The van der Waals surface area contributed by atoms with Crippen molar-refractivity contribution in [2.75, 3.05) is 0 Å². The highest BCUT2D eigenvalue weighted by atomic mass is 32.2. The summed E-state index contributed by atoms with van der Waals surface area (Å²) in [4.78, 5) is 15.2. The molecule has 3 aromatic carbocycles. The number of hydrogen-bond donors (Lipinski definition) is 0. The number of esters is 1. The molecular weight excluding hydrogens is 461 g/mol. The zero-order chi connectivity index (χ0) is 24.5. The molecule has 1 heterocycles. The van der Waals surface area contributed by atoms with Crippen LogP contribution in [0, 0.1) is 19.3 Å². The first-order valence-corrected chi connectivity index (χ1v) is 11.5. The van der Waals surface area contributed by atoms with Gasteiger partial charge in [-0.05, 0) is 43.3 Å². The number of carbonyl (C=O) groups is 1. The summed E-state index contributed by atoms with van der Waals surface area (Å²) in [6, 6.07) is 22.4. The summed E-state index contributed by atoms with van der Waals surface area (Å²) >= 11 is 0. The summed E-state index contributed by atoms with van der Waals surface area (Å²) in [7, 11) is -0.302. The minimum absolute atomic E-state index is 0.302. The van der Waals surface area contributed by atoms with Gasteiger partial charge in [0, 0.05) is 40.5 Å². The summed E-state index contributed by atoms with van der Waals surface area (Å²) in [5.41, 5.74) is -0.804. The topological polar surface area (TPSA) is 35.5 Å². The molecule has 0 aliphatic carbocycles. The standard InChI is InChI=1S/C27H20F3O3S/c1-4-26(3,21-12-14-22(15-13-21)32-27(28,29)30)33-25(31)20-9-7-10-23(17-20)34-18(2)16-19-8-5-6-11-24(19)34/h1,5-17H,2-3H3/q+1. The number of alkyl halides is 3. The highest BCUT2D eigenvalue weighted by Gasteiger charge is 2.33. The molecule has 0 saturated carbocycles. The lowest BCUT2D eigenvalue weighted by atomic mass is 9.96. The van der Waals surface area contributed by atoms with E-state index in [-0.39, 0.29) is 10.5 Å². The minimum atomic E-state index is -4.80. The van der Waals surface area contributed by atoms with Crippen molar-refractivity contribution >= 4 is 26.5 Å². The van der Waals surface area contributed by atoms with Crippen molar-refractivity contribution < 1.29 is 27.4 Å². The molecule has 172 valence electrons. The maximum Gasteiger partial charge on any atom is 0.573 e. The number of rotatable bonds is 5. The van der Waals surface area contributed by atoms with Crippen LogP contribution in [0.15, 0.2) is 78.9 Å². The van der Waals surface area contributed by atoms with E-state index in [4.69, 9.17) is 11.2 Å². The molecule has 0 amide bonds. The van der Waals surface area contributed by atoms with E-state index in [1.54, 1.807) is 18.2 Å². The molecule has 0 N–H and O–H groups in total. The molecule has 3 nitrogen and oxygen atoms in total. The van der Waals surface area contributed by atoms with Crippen molar-refractivity contribution in [3.63, 3.8) is 0 Å². The second kappa shape index (κ2) is 8.88. The molecule has 4 aromatic rings. The van der Waals surface area contributed by atoms with E-state index in [9.17, 15) is 18.0 Å². The Hall–Kier alpha value is -3.76. The van der Waals surface area contributed by atoms with Crippen molar-refractivity contribution in [2.24, 2.45) is 0 Å². The van der Waals surface area contributed by atoms with Crippen molar-refractivity contribution in [2.45, 2.75) is 25.8 Å². The molecule has 34 heavy (non-hydrogen) atoms. The first-order chi connectivity index (χ1) is 16.1. The summed E-state index contributed by atoms with van der Waals surface area (Å²) in [5, 5.41) is 1.16. The van der Waals surface area contributed by atoms with E-state index in [0.29, 0.717) is 11.1 Å². The average Bonchev–Trinajstić information content (AvgIpc) is 3.14. The maximum absolute atomic E-state index is 13.0. The predicted molar refractivity (Wildman–Crippen MR) is 127 cm³/mol. The third-order valence-electron chi connectivity index (χ3n) is 5.34. The highest BCUT2D eigenvalue weighted by molar-refractivity contribution is 7.45. The first-order valence-electron chi connectivity index (χ1n) is 10.3. The lowest BCUT2D eigenvalue weighted by Gasteiger charge is -2.24. The number of hydrogen-bond acceptors (Lipinski definition) is 3. The lowest BCUT2D eigenvalue weighted by Crippen LogP contribution is -2.27. The third-order valence-corrected chi connectivity index (χ3v) is 7.63. The molecule has 0 saturated heterocycles. The summed E-state index contributed by atoms with van der Waals surface area (Å²) in [6.07, 6.45) is 0.858. The number of thiophene rings is 1. The largest absolute Gasteiger partial charge is 0.573 e. The van der Waals surface area contributed by atoms with Crippen LogP contribution in [-0.4, -0.2) is 12.3 Å². The SMILES string of the molecule is C#CC(C)(OC(=O)c1cccc(-[s+]2c(C)cc3ccccc32)c1)c1ccc(OC(F)(F)F)cc1. The predicted octanol–water partition coefficient (Wildman–Crippen LogP) is 7.49. The quantitative estimate of drug-likeness (QED) is 0.168. The molecular formula is C27H20F3O3S+. The van der Waals surface area contributed by atoms with Crippen molar-refractivity contribution in [3.05, 3.63) is 94.9 Å². The van der Waals surface area contributed by atoms with Gasteiger partial charge in [-0.15, -0.1) is 19.6 Å². The molecule has 2 atom stereocenters. The van der Waals surface area contributed by atoms with E-state index < -0.39 is 23.7 Å². The van der Waals surface area contributed by atoms with Gasteiger partial charge in [0.25, 0.3) is 0 Å². The second-order valence-corrected chi connectivity index (χ2v) is 9.93. The van der Waals surface area contributed by atoms with Crippen LogP contribution >= 0.6 is 10.5 Å². The van der Waals surface area contributed by atoms with Crippen molar-refractivity contribution in [1.82, 2.24) is 0 Å². The molecule has 0 fully saturated rings. The van der Waals surface area contributed by atoms with E-state index in [1.807, 2.05) is 18.2 Å². The van der Waals surface area contributed by atoms with Crippen molar-refractivity contribution in [3.8, 4) is 23.0 Å². The van der Waals surface area contributed by atoms with E-state index in [1.165, 1.54) is 28.6 Å². The van der Waals surface area contributed by atoms with Gasteiger partial charge in [0.15, 0.2) is 20.1 Å². The Morgan fingerprint density at radius 1 is 0.971 bits per heavy atom. The average molecular weight is 482 g/mol. The molecule has 0 spiro atoms. The van der Waals surface area contributed by atoms with E-state index >= 15 is 0 Å². The van der Waals surface area contributed by atoms with Crippen LogP contribution in [0.4, 0.5) is 13.2 Å². The molecule has 4 rings (SSSR count).